The van der Waals surface area contributed by atoms with E-state index in [1.807, 2.05) is 6.92 Å². The third kappa shape index (κ3) is 1.63. The minimum Gasteiger partial charge on any atom is -0.381 e. The lowest BCUT2D eigenvalue weighted by atomic mass is 9.90. The first-order valence-corrected chi connectivity index (χ1v) is 4.68. The molecular weight excluding hydrogens is 156 g/mol. The molecular formula is C9H16O3. The van der Waals surface area contributed by atoms with Gasteiger partial charge in [0.15, 0.2) is 6.29 Å². The van der Waals surface area contributed by atoms with Gasteiger partial charge in [-0.15, -0.1) is 0 Å². The molecule has 1 spiro atoms. The van der Waals surface area contributed by atoms with Crippen LogP contribution in [0.15, 0.2) is 0 Å². The standard InChI is InChI=1S/C9H16O3/c1-8-11-7-4-9(12-8)2-5-10-6-3-9/h8H,2-7H2,1H3. The fourth-order valence-electron chi connectivity index (χ4n) is 1.97. The van der Waals surface area contributed by atoms with Crippen molar-refractivity contribution in [3.05, 3.63) is 0 Å². The second-order valence-corrected chi connectivity index (χ2v) is 3.60. The summed E-state index contributed by atoms with van der Waals surface area (Å²) in [6.45, 7) is 4.48. The van der Waals surface area contributed by atoms with Gasteiger partial charge in [-0.25, -0.2) is 0 Å². The summed E-state index contributed by atoms with van der Waals surface area (Å²) in [5.41, 5.74) is 0.0793. The second-order valence-electron chi connectivity index (χ2n) is 3.60. The van der Waals surface area contributed by atoms with Crippen LogP contribution in [0.4, 0.5) is 0 Å². The van der Waals surface area contributed by atoms with Crippen molar-refractivity contribution in [2.24, 2.45) is 0 Å². The lowest BCUT2D eigenvalue weighted by Gasteiger charge is -2.42. The summed E-state index contributed by atoms with van der Waals surface area (Å²) in [4.78, 5) is 0. The molecule has 3 nitrogen and oxygen atoms in total. The zero-order valence-electron chi connectivity index (χ0n) is 7.54. The fourth-order valence-corrected chi connectivity index (χ4v) is 1.97. The molecule has 1 unspecified atom stereocenters. The largest absolute Gasteiger partial charge is 0.381 e. The topological polar surface area (TPSA) is 27.7 Å². The average Bonchev–Trinajstić information content (AvgIpc) is 2.05. The average molecular weight is 172 g/mol. The van der Waals surface area contributed by atoms with Crippen LogP contribution in [0.25, 0.3) is 0 Å². The molecule has 0 aromatic carbocycles. The molecule has 2 aliphatic rings. The van der Waals surface area contributed by atoms with Crippen molar-refractivity contribution < 1.29 is 14.2 Å². The van der Waals surface area contributed by atoms with Crippen molar-refractivity contribution in [2.45, 2.75) is 38.1 Å². The molecule has 2 rings (SSSR count). The third-order valence-corrected chi connectivity index (χ3v) is 2.73. The van der Waals surface area contributed by atoms with Crippen LogP contribution < -0.4 is 0 Å². The molecule has 2 aliphatic heterocycles. The van der Waals surface area contributed by atoms with Crippen molar-refractivity contribution in [2.75, 3.05) is 19.8 Å². The highest BCUT2D eigenvalue weighted by molar-refractivity contribution is 4.85. The molecule has 2 fully saturated rings. The summed E-state index contributed by atoms with van der Waals surface area (Å²) in [7, 11) is 0. The van der Waals surface area contributed by atoms with Crippen molar-refractivity contribution in [1.29, 1.82) is 0 Å². The molecule has 0 aromatic rings. The normalized spacial score (nSPS) is 35.2. The van der Waals surface area contributed by atoms with Gasteiger partial charge in [0, 0.05) is 32.5 Å². The quantitative estimate of drug-likeness (QED) is 0.551. The van der Waals surface area contributed by atoms with Crippen molar-refractivity contribution in [1.82, 2.24) is 0 Å². The van der Waals surface area contributed by atoms with E-state index >= 15 is 0 Å². The van der Waals surface area contributed by atoms with Gasteiger partial charge in [-0.3, -0.25) is 0 Å². The zero-order valence-corrected chi connectivity index (χ0v) is 7.54. The summed E-state index contributed by atoms with van der Waals surface area (Å²) in [6.07, 6.45) is 3.05. The monoisotopic (exact) mass is 172 g/mol. The van der Waals surface area contributed by atoms with Gasteiger partial charge in [0.2, 0.25) is 0 Å². The molecule has 2 saturated heterocycles. The fraction of sp³-hybridized carbons (Fsp3) is 1.00. The molecule has 0 amide bonds. The van der Waals surface area contributed by atoms with Gasteiger partial charge in [0.05, 0.1) is 12.2 Å². The SMILES string of the molecule is CC1OCCC2(CCOCC2)O1. The van der Waals surface area contributed by atoms with Crippen molar-refractivity contribution in [3.63, 3.8) is 0 Å². The van der Waals surface area contributed by atoms with E-state index < -0.39 is 0 Å². The molecule has 2 heterocycles. The van der Waals surface area contributed by atoms with Gasteiger partial charge in [0.25, 0.3) is 0 Å². The van der Waals surface area contributed by atoms with E-state index in [-0.39, 0.29) is 11.9 Å². The first kappa shape index (κ1) is 8.48. The Morgan fingerprint density at radius 3 is 2.42 bits per heavy atom. The maximum Gasteiger partial charge on any atom is 0.155 e. The van der Waals surface area contributed by atoms with Crippen LogP contribution in [0.2, 0.25) is 0 Å². The molecule has 0 aliphatic carbocycles. The maximum atomic E-state index is 5.81. The van der Waals surface area contributed by atoms with Crippen LogP contribution in [0, 0.1) is 0 Å². The number of ether oxygens (including phenoxy) is 3. The molecule has 0 saturated carbocycles. The van der Waals surface area contributed by atoms with Crippen LogP contribution in [-0.4, -0.2) is 31.7 Å². The summed E-state index contributed by atoms with van der Waals surface area (Å²) in [5.74, 6) is 0. The maximum absolute atomic E-state index is 5.81. The van der Waals surface area contributed by atoms with Gasteiger partial charge in [-0.1, -0.05) is 0 Å². The Morgan fingerprint density at radius 2 is 1.75 bits per heavy atom. The van der Waals surface area contributed by atoms with E-state index in [4.69, 9.17) is 14.2 Å². The van der Waals surface area contributed by atoms with Gasteiger partial charge >= 0.3 is 0 Å². The van der Waals surface area contributed by atoms with Gasteiger partial charge < -0.3 is 14.2 Å². The van der Waals surface area contributed by atoms with E-state index in [1.54, 1.807) is 0 Å². The van der Waals surface area contributed by atoms with Crippen molar-refractivity contribution >= 4 is 0 Å². The molecule has 0 aromatic heterocycles. The van der Waals surface area contributed by atoms with Crippen LogP contribution in [0.3, 0.4) is 0 Å². The van der Waals surface area contributed by atoms with Gasteiger partial charge in [-0.05, 0) is 6.92 Å². The molecule has 0 bridgehead atoms. The zero-order chi connectivity index (χ0) is 8.44. The lowest BCUT2D eigenvalue weighted by Crippen LogP contribution is -2.46. The Morgan fingerprint density at radius 1 is 1.08 bits per heavy atom. The molecule has 70 valence electrons. The smallest absolute Gasteiger partial charge is 0.155 e. The molecule has 3 heteroatoms. The van der Waals surface area contributed by atoms with Crippen molar-refractivity contribution in [3.8, 4) is 0 Å². The Kier molecular flexibility index (Phi) is 2.35. The molecule has 0 N–H and O–H groups in total. The molecule has 12 heavy (non-hydrogen) atoms. The first-order chi connectivity index (χ1) is 5.81. The second kappa shape index (κ2) is 3.32. The van der Waals surface area contributed by atoms with Crippen LogP contribution in [-0.2, 0) is 14.2 Å². The highest BCUT2D eigenvalue weighted by atomic mass is 16.7. The van der Waals surface area contributed by atoms with Crippen LogP contribution in [0.1, 0.15) is 26.2 Å². The van der Waals surface area contributed by atoms with Gasteiger partial charge in [0.1, 0.15) is 0 Å². The summed E-state index contributed by atoms with van der Waals surface area (Å²) in [6, 6.07) is 0. The predicted molar refractivity (Wildman–Crippen MR) is 43.9 cm³/mol. The Hall–Kier alpha value is -0.120. The highest BCUT2D eigenvalue weighted by Crippen LogP contribution is 2.33. The summed E-state index contributed by atoms with van der Waals surface area (Å²) in [5, 5.41) is 0. The Bertz CT molecular complexity index is 146. The summed E-state index contributed by atoms with van der Waals surface area (Å²) < 4.78 is 16.5. The minimum atomic E-state index is -0.0307. The lowest BCUT2D eigenvalue weighted by molar-refractivity contribution is -0.265. The number of rotatable bonds is 0. The van der Waals surface area contributed by atoms with Crippen LogP contribution >= 0.6 is 0 Å². The Balaban J connectivity index is 1.97. The Labute approximate surface area is 73.0 Å². The van der Waals surface area contributed by atoms with E-state index in [1.165, 1.54) is 0 Å². The van der Waals surface area contributed by atoms with E-state index in [0.717, 1.165) is 39.1 Å². The van der Waals surface area contributed by atoms with E-state index in [0.29, 0.717) is 0 Å². The number of hydrogen-bond acceptors (Lipinski definition) is 3. The molecule has 0 radical (unpaired) electrons. The third-order valence-electron chi connectivity index (χ3n) is 2.73. The van der Waals surface area contributed by atoms with Gasteiger partial charge in [-0.2, -0.15) is 0 Å². The number of hydrogen-bond donors (Lipinski definition) is 0. The first-order valence-electron chi connectivity index (χ1n) is 4.68. The highest BCUT2D eigenvalue weighted by Gasteiger charge is 2.37. The predicted octanol–water partition coefficient (Wildman–Crippen LogP) is 1.32. The van der Waals surface area contributed by atoms with E-state index in [9.17, 15) is 0 Å². The molecule has 1 atom stereocenters. The van der Waals surface area contributed by atoms with Crippen LogP contribution in [0.5, 0.6) is 0 Å². The summed E-state index contributed by atoms with van der Waals surface area (Å²) >= 11 is 0. The van der Waals surface area contributed by atoms with E-state index in [2.05, 4.69) is 0 Å². The minimum absolute atomic E-state index is 0.0307.